The molecule has 32 heavy (non-hydrogen) atoms. The van der Waals surface area contributed by atoms with Crippen LogP contribution in [0.2, 0.25) is 0 Å². The Labute approximate surface area is 183 Å². The summed E-state index contributed by atoms with van der Waals surface area (Å²) in [4.78, 5) is 36.8. The van der Waals surface area contributed by atoms with Crippen molar-refractivity contribution in [2.45, 2.75) is 13.3 Å². The Hall–Kier alpha value is -4.38. The van der Waals surface area contributed by atoms with Gasteiger partial charge in [-0.1, -0.05) is 25.1 Å². The molecule has 3 rings (SSSR count). The van der Waals surface area contributed by atoms with E-state index in [1.807, 2.05) is 13.0 Å². The number of benzene rings is 2. The van der Waals surface area contributed by atoms with Crippen LogP contribution in [0.5, 0.6) is 11.5 Å². The molecule has 8 heteroatoms. The van der Waals surface area contributed by atoms with Gasteiger partial charge < -0.3 is 19.2 Å². The molecule has 0 atom stereocenters. The molecule has 0 aliphatic heterocycles. The molecule has 0 spiro atoms. The summed E-state index contributed by atoms with van der Waals surface area (Å²) in [7, 11) is 1.48. The van der Waals surface area contributed by atoms with E-state index in [9.17, 15) is 19.6 Å². The van der Waals surface area contributed by atoms with Crippen LogP contribution in [0.25, 0.3) is 17.0 Å². The summed E-state index contributed by atoms with van der Waals surface area (Å²) in [5.41, 5.74) is -0.467. The van der Waals surface area contributed by atoms with E-state index in [0.29, 0.717) is 23.2 Å². The molecule has 0 bridgehead atoms. The second kappa shape index (κ2) is 10.1. The van der Waals surface area contributed by atoms with Gasteiger partial charge in [0, 0.05) is 23.6 Å². The van der Waals surface area contributed by atoms with Gasteiger partial charge in [-0.05, 0) is 36.8 Å². The minimum atomic E-state index is -0.879. The zero-order chi connectivity index (χ0) is 23.1. The lowest BCUT2D eigenvalue weighted by atomic mass is 10.1. The van der Waals surface area contributed by atoms with E-state index in [1.165, 1.54) is 31.4 Å². The molecule has 0 aliphatic rings. The van der Waals surface area contributed by atoms with Gasteiger partial charge in [-0.25, -0.2) is 9.59 Å². The Balaban J connectivity index is 1.86. The first-order valence-corrected chi connectivity index (χ1v) is 9.80. The van der Waals surface area contributed by atoms with Crippen molar-refractivity contribution in [1.29, 1.82) is 5.26 Å². The number of fused-ring (bicyclic) bond motifs is 1. The molecular weight excluding hydrogens is 412 g/mol. The maximum absolute atomic E-state index is 12.5. The van der Waals surface area contributed by atoms with Gasteiger partial charge in [-0.3, -0.25) is 4.79 Å². The average Bonchev–Trinajstić information content (AvgIpc) is 2.80. The SMILES string of the molecule is CCCNC(=O)c1cc2ccc(OC(=O)/C(C#N)=C/c3ccccc3OC)cc2oc1=O. The number of carbonyl (C=O) groups is 2. The first-order chi connectivity index (χ1) is 15.5. The summed E-state index contributed by atoms with van der Waals surface area (Å²) in [6, 6.07) is 14.5. The zero-order valence-corrected chi connectivity index (χ0v) is 17.5. The molecule has 0 saturated heterocycles. The molecule has 0 saturated carbocycles. The molecule has 2 aromatic carbocycles. The van der Waals surface area contributed by atoms with E-state index >= 15 is 0 Å². The number of hydrogen-bond donors (Lipinski definition) is 1. The fourth-order valence-electron chi connectivity index (χ4n) is 2.89. The molecule has 0 radical (unpaired) electrons. The Morgan fingerprint density at radius 3 is 2.69 bits per heavy atom. The van der Waals surface area contributed by atoms with Gasteiger partial charge in [-0.15, -0.1) is 0 Å². The molecule has 162 valence electrons. The average molecular weight is 432 g/mol. The van der Waals surface area contributed by atoms with Crippen LogP contribution in [0.4, 0.5) is 0 Å². The second-order valence-corrected chi connectivity index (χ2v) is 6.70. The van der Waals surface area contributed by atoms with E-state index in [0.717, 1.165) is 6.42 Å². The summed E-state index contributed by atoms with van der Waals surface area (Å²) >= 11 is 0. The number of esters is 1. The lowest BCUT2D eigenvalue weighted by Gasteiger charge is -2.07. The maximum Gasteiger partial charge on any atom is 0.354 e. The van der Waals surface area contributed by atoms with Crippen molar-refractivity contribution in [3.05, 3.63) is 75.7 Å². The number of nitriles is 1. The van der Waals surface area contributed by atoms with Gasteiger partial charge in [0.2, 0.25) is 0 Å². The summed E-state index contributed by atoms with van der Waals surface area (Å²) in [6.07, 6.45) is 2.10. The van der Waals surface area contributed by atoms with E-state index in [1.54, 1.807) is 30.3 Å². The van der Waals surface area contributed by atoms with E-state index in [2.05, 4.69) is 5.32 Å². The molecule has 0 fully saturated rings. The number of methoxy groups -OCH3 is 1. The van der Waals surface area contributed by atoms with Crippen molar-refractivity contribution in [3.8, 4) is 17.6 Å². The van der Waals surface area contributed by atoms with Crippen LogP contribution in [0.15, 0.2) is 63.3 Å². The predicted octanol–water partition coefficient (Wildman–Crippen LogP) is 3.45. The minimum Gasteiger partial charge on any atom is -0.496 e. The van der Waals surface area contributed by atoms with Crippen LogP contribution >= 0.6 is 0 Å². The quantitative estimate of drug-likeness (QED) is 0.200. The number of hydrogen-bond acceptors (Lipinski definition) is 7. The summed E-state index contributed by atoms with van der Waals surface area (Å²) in [5, 5.41) is 12.5. The first kappa shape index (κ1) is 22.3. The Bertz CT molecular complexity index is 1300. The van der Waals surface area contributed by atoms with E-state index in [4.69, 9.17) is 13.9 Å². The van der Waals surface area contributed by atoms with Crippen LogP contribution in [-0.4, -0.2) is 25.5 Å². The minimum absolute atomic E-state index is 0.0787. The first-order valence-electron chi connectivity index (χ1n) is 9.80. The molecule has 8 nitrogen and oxygen atoms in total. The molecule has 1 heterocycles. The zero-order valence-electron chi connectivity index (χ0n) is 17.5. The number of rotatable bonds is 7. The highest BCUT2D eigenvalue weighted by atomic mass is 16.5. The van der Waals surface area contributed by atoms with Crippen molar-refractivity contribution >= 4 is 28.9 Å². The van der Waals surface area contributed by atoms with Gasteiger partial charge in [0.1, 0.15) is 34.3 Å². The fourth-order valence-corrected chi connectivity index (χ4v) is 2.89. The van der Waals surface area contributed by atoms with E-state index in [-0.39, 0.29) is 22.5 Å². The monoisotopic (exact) mass is 432 g/mol. The summed E-state index contributed by atoms with van der Waals surface area (Å²) in [5.74, 6) is -0.817. The Morgan fingerprint density at radius 1 is 1.19 bits per heavy atom. The highest BCUT2D eigenvalue weighted by molar-refractivity contribution is 6.00. The molecule has 0 unspecified atom stereocenters. The largest absolute Gasteiger partial charge is 0.496 e. The molecule has 1 amide bonds. The molecule has 1 aromatic heterocycles. The summed E-state index contributed by atoms with van der Waals surface area (Å²) in [6.45, 7) is 2.34. The molecular formula is C24H20N2O6. The molecule has 3 aromatic rings. The third-order valence-corrected chi connectivity index (χ3v) is 4.48. The van der Waals surface area contributed by atoms with Crippen LogP contribution in [0.3, 0.4) is 0 Å². The Morgan fingerprint density at radius 2 is 1.97 bits per heavy atom. The number of carbonyl (C=O) groups excluding carboxylic acids is 2. The van der Waals surface area contributed by atoms with Crippen LogP contribution < -0.4 is 20.4 Å². The normalized spacial score (nSPS) is 11.0. The van der Waals surface area contributed by atoms with Crippen molar-refractivity contribution < 1.29 is 23.5 Å². The van der Waals surface area contributed by atoms with Crippen molar-refractivity contribution in [1.82, 2.24) is 5.32 Å². The lowest BCUT2D eigenvalue weighted by Crippen LogP contribution is -2.28. The third kappa shape index (κ3) is 5.02. The number of nitrogens with zero attached hydrogens (tertiary/aromatic N) is 1. The summed E-state index contributed by atoms with van der Waals surface area (Å²) < 4.78 is 15.7. The van der Waals surface area contributed by atoms with Crippen molar-refractivity contribution in [2.75, 3.05) is 13.7 Å². The van der Waals surface area contributed by atoms with Crippen molar-refractivity contribution in [2.24, 2.45) is 0 Å². The fraction of sp³-hybridized carbons (Fsp3) is 0.167. The highest BCUT2D eigenvalue weighted by Gasteiger charge is 2.16. The number of amides is 1. The van der Waals surface area contributed by atoms with Crippen molar-refractivity contribution in [3.63, 3.8) is 0 Å². The number of ether oxygens (including phenoxy) is 2. The van der Waals surface area contributed by atoms with Gasteiger partial charge in [0.05, 0.1) is 7.11 Å². The second-order valence-electron chi connectivity index (χ2n) is 6.70. The third-order valence-electron chi connectivity index (χ3n) is 4.48. The topological polar surface area (TPSA) is 119 Å². The van der Waals surface area contributed by atoms with Gasteiger partial charge in [0.15, 0.2) is 0 Å². The smallest absolute Gasteiger partial charge is 0.354 e. The molecule has 0 aliphatic carbocycles. The van der Waals surface area contributed by atoms with E-state index < -0.39 is 17.5 Å². The number of nitrogens with one attached hydrogen (secondary N) is 1. The lowest BCUT2D eigenvalue weighted by molar-refractivity contribution is -0.129. The van der Waals surface area contributed by atoms with Gasteiger partial charge >= 0.3 is 11.6 Å². The molecule has 1 N–H and O–H groups in total. The van der Waals surface area contributed by atoms with Crippen LogP contribution in [0.1, 0.15) is 29.3 Å². The van der Waals surface area contributed by atoms with Gasteiger partial charge in [0.25, 0.3) is 5.91 Å². The van der Waals surface area contributed by atoms with Crippen LogP contribution in [-0.2, 0) is 4.79 Å². The highest BCUT2D eigenvalue weighted by Crippen LogP contribution is 2.23. The van der Waals surface area contributed by atoms with Gasteiger partial charge in [-0.2, -0.15) is 5.26 Å². The standard InChI is InChI=1S/C24H20N2O6/c1-3-10-26-22(27)19-12-16-8-9-18(13-21(16)32-24(19)29)31-23(28)17(14-25)11-15-6-4-5-7-20(15)30-2/h4-9,11-13H,3,10H2,1-2H3,(H,26,27)/b17-11+. The van der Waals surface area contributed by atoms with Crippen LogP contribution in [0, 0.1) is 11.3 Å². The Kier molecular flexibility index (Phi) is 7.03. The predicted molar refractivity (Wildman–Crippen MR) is 117 cm³/mol. The maximum atomic E-state index is 12.5. The number of para-hydroxylation sites is 1.